The average Bonchev–Trinajstić information content (AvgIpc) is 3.03. The summed E-state index contributed by atoms with van der Waals surface area (Å²) in [5.74, 6) is 0. The van der Waals surface area contributed by atoms with Crippen LogP contribution in [0.3, 0.4) is 0 Å². The topological polar surface area (TPSA) is 38.5 Å². The van der Waals surface area contributed by atoms with Crippen molar-refractivity contribution in [3.8, 4) is 0 Å². The molecule has 1 rings (SSSR count). The Hall–Kier alpha value is -0.120. The van der Waals surface area contributed by atoms with Gasteiger partial charge < -0.3 is 10.5 Å². The van der Waals surface area contributed by atoms with Crippen molar-refractivity contribution in [3.05, 3.63) is 0 Å². The van der Waals surface area contributed by atoms with Crippen molar-refractivity contribution in [2.45, 2.75) is 46.1 Å². The van der Waals surface area contributed by atoms with Crippen molar-refractivity contribution in [1.82, 2.24) is 4.90 Å². The summed E-state index contributed by atoms with van der Waals surface area (Å²) in [7, 11) is 0. The Bertz CT molecular complexity index is 216. The van der Waals surface area contributed by atoms with Crippen LogP contribution in [-0.4, -0.2) is 43.3 Å². The second-order valence-electron chi connectivity index (χ2n) is 5.32. The summed E-state index contributed by atoms with van der Waals surface area (Å²) in [4.78, 5) is 2.50. The monoisotopic (exact) mass is 228 g/mol. The highest BCUT2D eigenvalue weighted by Crippen LogP contribution is 2.55. The minimum Gasteiger partial charge on any atom is -0.380 e. The largest absolute Gasteiger partial charge is 0.380 e. The van der Waals surface area contributed by atoms with Gasteiger partial charge in [-0.2, -0.15) is 0 Å². The second kappa shape index (κ2) is 5.48. The van der Waals surface area contributed by atoms with Crippen LogP contribution in [0.5, 0.6) is 0 Å². The number of likely N-dealkylation sites (N-methyl/N-ethyl adjacent to an activating group) is 1. The van der Waals surface area contributed by atoms with Crippen molar-refractivity contribution < 1.29 is 4.74 Å². The first kappa shape index (κ1) is 13.9. The lowest BCUT2D eigenvalue weighted by Crippen LogP contribution is -2.57. The van der Waals surface area contributed by atoms with Crippen molar-refractivity contribution in [2.75, 3.05) is 32.8 Å². The first-order valence-electron chi connectivity index (χ1n) is 6.57. The number of nitrogens with two attached hydrogens (primary N) is 1. The lowest BCUT2D eigenvalue weighted by atomic mass is 9.82. The van der Waals surface area contributed by atoms with Gasteiger partial charge in [-0.05, 0) is 38.6 Å². The molecule has 0 saturated heterocycles. The molecular weight excluding hydrogens is 200 g/mol. The Morgan fingerprint density at radius 2 is 2.00 bits per heavy atom. The van der Waals surface area contributed by atoms with Gasteiger partial charge in [-0.1, -0.05) is 13.8 Å². The standard InChI is InChI=1S/C13H28N2O/c1-5-15(9-10-16-6-2)13(4,11-14)12(3)7-8-12/h5-11,14H2,1-4H3. The van der Waals surface area contributed by atoms with Gasteiger partial charge in [0.05, 0.1) is 6.61 Å². The van der Waals surface area contributed by atoms with Crippen LogP contribution in [0.25, 0.3) is 0 Å². The van der Waals surface area contributed by atoms with Crippen LogP contribution in [0, 0.1) is 5.41 Å². The van der Waals surface area contributed by atoms with E-state index in [4.69, 9.17) is 10.5 Å². The summed E-state index contributed by atoms with van der Waals surface area (Å²) in [5.41, 5.74) is 6.59. The quantitative estimate of drug-likeness (QED) is 0.645. The molecule has 1 aliphatic rings. The minimum atomic E-state index is 0.138. The summed E-state index contributed by atoms with van der Waals surface area (Å²) < 4.78 is 5.46. The Labute approximate surface area is 100 Å². The molecule has 3 heteroatoms. The van der Waals surface area contributed by atoms with Gasteiger partial charge in [0.25, 0.3) is 0 Å². The van der Waals surface area contributed by atoms with Gasteiger partial charge in [0.2, 0.25) is 0 Å². The van der Waals surface area contributed by atoms with E-state index >= 15 is 0 Å². The van der Waals surface area contributed by atoms with Gasteiger partial charge in [0, 0.05) is 25.2 Å². The third-order valence-corrected chi connectivity index (χ3v) is 4.49. The molecule has 1 unspecified atom stereocenters. The molecule has 1 fully saturated rings. The smallest absolute Gasteiger partial charge is 0.0593 e. The van der Waals surface area contributed by atoms with E-state index in [0.717, 1.165) is 32.8 Å². The number of ether oxygens (including phenoxy) is 1. The summed E-state index contributed by atoms with van der Waals surface area (Å²) in [6.07, 6.45) is 2.62. The molecular formula is C13H28N2O. The zero-order chi connectivity index (χ0) is 12.2. The molecule has 16 heavy (non-hydrogen) atoms. The molecule has 0 radical (unpaired) electrons. The summed E-state index contributed by atoms with van der Waals surface area (Å²) >= 11 is 0. The highest BCUT2D eigenvalue weighted by molar-refractivity contribution is 5.09. The van der Waals surface area contributed by atoms with Crippen LogP contribution >= 0.6 is 0 Å². The summed E-state index contributed by atoms with van der Waals surface area (Å²) in [6.45, 7) is 13.3. The van der Waals surface area contributed by atoms with Gasteiger partial charge in [-0.15, -0.1) is 0 Å². The Balaban J connectivity index is 2.60. The number of hydrogen-bond donors (Lipinski definition) is 1. The highest BCUT2D eigenvalue weighted by atomic mass is 16.5. The van der Waals surface area contributed by atoms with Crippen molar-refractivity contribution in [3.63, 3.8) is 0 Å². The second-order valence-corrected chi connectivity index (χ2v) is 5.32. The Morgan fingerprint density at radius 1 is 1.38 bits per heavy atom. The van der Waals surface area contributed by atoms with E-state index in [-0.39, 0.29) is 5.54 Å². The molecule has 0 aromatic carbocycles. The fraction of sp³-hybridized carbons (Fsp3) is 1.00. The predicted molar refractivity (Wildman–Crippen MR) is 68.5 cm³/mol. The van der Waals surface area contributed by atoms with Crippen LogP contribution in [0.1, 0.15) is 40.5 Å². The SMILES string of the molecule is CCOCCN(CC)C(C)(CN)C1(C)CC1. The highest BCUT2D eigenvalue weighted by Gasteiger charge is 2.54. The molecule has 1 aliphatic carbocycles. The van der Waals surface area contributed by atoms with Crippen molar-refractivity contribution in [2.24, 2.45) is 11.1 Å². The molecule has 0 bridgehead atoms. The van der Waals surface area contributed by atoms with Crippen LogP contribution < -0.4 is 5.73 Å². The van der Waals surface area contributed by atoms with E-state index in [2.05, 4.69) is 25.7 Å². The third-order valence-electron chi connectivity index (χ3n) is 4.49. The third kappa shape index (κ3) is 2.58. The average molecular weight is 228 g/mol. The zero-order valence-electron chi connectivity index (χ0n) is 11.4. The molecule has 3 nitrogen and oxygen atoms in total. The molecule has 0 aliphatic heterocycles. The van der Waals surface area contributed by atoms with Crippen LogP contribution in [0.4, 0.5) is 0 Å². The van der Waals surface area contributed by atoms with Gasteiger partial charge >= 0.3 is 0 Å². The lowest BCUT2D eigenvalue weighted by Gasteiger charge is -2.45. The van der Waals surface area contributed by atoms with E-state index in [9.17, 15) is 0 Å². The van der Waals surface area contributed by atoms with E-state index in [1.165, 1.54) is 12.8 Å². The van der Waals surface area contributed by atoms with E-state index < -0.39 is 0 Å². The van der Waals surface area contributed by atoms with Crippen LogP contribution in [0.2, 0.25) is 0 Å². The van der Waals surface area contributed by atoms with Crippen molar-refractivity contribution >= 4 is 0 Å². The molecule has 0 spiro atoms. The normalized spacial score (nSPS) is 22.1. The minimum absolute atomic E-state index is 0.138. The molecule has 1 saturated carbocycles. The fourth-order valence-electron chi connectivity index (χ4n) is 2.56. The summed E-state index contributed by atoms with van der Waals surface area (Å²) in [6, 6.07) is 0. The zero-order valence-corrected chi connectivity index (χ0v) is 11.4. The molecule has 1 atom stereocenters. The Kier molecular flexibility index (Phi) is 4.77. The van der Waals surface area contributed by atoms with Gasteiger partial charge in [-0.25, -0.2) is 0 Å². The van der Waals surface area contributed by atoms with Gasteiger partial charge in [0.15, 0.2) is 0 Å². The van der Waals surface area contributed by atoms with Crippen molar-refractivity contribution in [1.29, 1.82) is 0 Å². The predicted octanol–water partition coefficient (Wildman–Crippen LogP) is 1.86. The summed E-state index contributed by atoms with van der Waals surface area (Å²) in [5, 5.41) is 0. The molecule has 0 aromatic heterocycles. The molecule has 96 valence electrons. The van der Waals surface area contributed by atoms with Gasteiger partial charge in [0.1, 0.15) is 0 Å². The van der Waals surface area contributed by atoms with E-state index in [1.54, 1.807) is 0 Å². The fourth-order valence-corrected chi connectivity index (χ4v) is 2.56. The maximum absolute atomic E-state index is 6.03. The first-order chi connectivity index (χ1) is 7.54. The maximum Gasteiger partial charge on any atom is 0.0593 e. The molecule has 0 amide bonds. The maximum atomic E-state index is 6.03. The van der Waals surface area contributed by atoms with Crippen LogP contribution in [0.15, 0.2) is 0 Å². The van der Waals surface area contributed by atoms with E-state index in [1.807, 2.05) is 6.92 Å². The molecule has 0 heterocycles. The first-order valence-corrected chi connectivity index (χ1v) is 6.57. The number of nitrogens with zero attached hydrogens (tertiary/aromatic N) is 1. The number of hydrogen-bond acceptors (Lipinski definition) is 3. The Morgan fingerprint density at radius 3 is 2.38 bits per heavy atom. The van der Waals surface area contributed by atoms with E-state index in [0.29, 0.717) is 5.41 Å². The van der Waals surface area contributed by atoms with Gasteiger partial charge in [-0.3, -0.25) is 4.90 Å². The molecule has 0 aromatic rings. The number of rotatable bonds is 8. The molecule has 2 N–H and O–H groups in total. The van der Waals surface area contributed by atoms with Crippen LogP contribution in [-0.2, 0) is 4.74 Å². The lowest BCUT2D eigenvalue weighted by molar-refractivity contribution is 0.0223.